The molecule has 0 radical (unpaired) electrons. The molecule has 0 aliphatic heterocycles. The number of aromatic nitrogens is 3. The Bertz CT molecular complexity index is 791. The van der Waals surface area contributed by atoms with E-state index >= 15 is 0 Å². The number of benzene rings is 1. The number of rotatable bonds is 2. The van der Waals surface area contributed by atoms with Crippen molar-refractivity contribution in [2.24, 2.45) is 0 Å². The summed E-state index contributed by atoms with van der Waals surface area (Å²) in [6.07, 6.45) is 0. The van der Waals surface area contributed by atoms with Gasteiger partial charge in [-0.2, -0.15) is 0 Å². The monoisotopic (exact) mass is 321 g/mol. The standard InChI is InChI=1S/C12H8BrN3O3/c1-5-14-7-3-2-6(4-8(7)15-5)11-9(13)10(12(17)18)16-19-11/h2-4H,1H3,(H,14,15)(H,17,18). The van der Waals surface area contributed by atoms with E-state index in [1.165, 1.54) is 0 Å². The van der Waals surface area contributed by atoms with Gasteiger partial charge in [-0.25, -0.2) is 9.78 Å². The molecule has 3 aromatic rings. The van der Waals surface area contributed by atoms with Crippen molar-refractivity contribution < 1.29 is 14.4 Å². The fraction of sp³-hybridized carbons (Fsp3) is 0.0833. The predicted molar refractivity (Wildman–Crippen MR) is 71.0 cm³/mol. The minimum Gasteiger partial charge on any atom is -0.476 e. The largest absolute Gasteiger partial charge is 0.476 e. The van der Waals surface area contributed by atoms with Crippen LogP contribution in [0.4, 0.5) is 0 Å². The highest BCUT2D eigenvalue weighted by Gasteiger charge is 2.20. The van der Waals surface area contributed by atoms with Gasteiger partial charge in [0, 0.05) is 5.56 Å². The third-order valence-corrected chi connectivity index (χ3v) is 3.44. The first-order valence-electron chi connectivity index (χ1n) is 5.41. The van der Waals surface area contributed by atoms with Gasteiger partial charge in [-0.05, 0) is 41.1 Å². The molecule has 0 aliphatic carbocycles. The van der Waals surface area contributed by atoms with E-state index in [4.69, 9.17) is 9.63 Å². The second kappa shape index (κ2) is 4.20. The van der Waals surface area contributed by atoms with Gasteiger partial charge in [0.15, 0.2) is 5.76 Å². The summed E-state index contributed by atoms with van der Waals surface area (Å²) in [5, 5.41) is 12.5. The lowest BCUT2D eigenvalue weighted by Crippen LogP contribution is -1.96. The van der Waals surface area contributed by atoms with Crippen molar-refractivity contribution in [3.63, 3.8) is 0 Å². The number of hydrogen-bond acceptors (Lipinski definition) is 4. The molecule has 1 aromatic carbocycles. The Labute approximate surface area is 115 Å². The second-order valence-corrected chi connectivity index (χ2v) is 4.83. The van der Waals surface area contributed by atoms with Gasteiger partial charge in [-0.1, -0.05) is 5.16 Å². The minimum atomic E-state index is -1.14. The van der Waals surface area contributed by atoms with Crippen LogP contribution in [0.25, 0.3) is 22.4 Å². The Kier molecular flexibility index (Phi) is 2.63. The van der Waals surface area contributed by atoms with Gasteiger partial charge in [0.25, 0.3) is 0 Å². The van der Waals surface area contributed by atoms with E-state index in [9.17, 15) is 4.79 Å². The van der Waals surface area contributed by atoms with Crippen LogP contribution in [-0.4, -0.2) is 26.2 Å². The lowest BCUT2D eigenvalue weighted by atomic mass is 10.1. The maximum Gasteiger partial charge on any atom is 0.359 e. The Morgan fingerprint density at radius 3 is 2.95 bits per heavy atom. The van der Waals surface area contributed by atoms with E-state index in [1.54, 1.807) is 6.07 Å². The number of carbonyl (C=O) groups is 1. The molecule has 7 heteroatoms. The molecule has 3 rings (SSSR count). The first-order chi connectivity index (χ1) is 9.06. The zero-order valence-electron chi connectivity index (χ0n) is 9.77. The van der Waals surface area contributed by atoms with Crippen LogP contribution in [0.2, 0.25) is 0 Å². The molecule has 0 unspecified atom stereocenters. The van der Waals surface area contributed by atoms with Gasteiger partial charge in [-0.15, -0.1) is 0 Å². The summed E-state index contributed by atoms with van der Waals surface area (Å²) in [6.45, 7) is 1.87. The van der Waals surface area contributed by atoms with Crippen LogP contribution in [0.3, 0.4) is 0 Å². The second-order valence-electron chi connectivity index (χ2n) is 4.03. The van der Waals surface area contributed by atoms with Gasteiger partial charge < -0.3 is 14.6 Å². The molecule has 96 valence electrons. The number of aryl methyl sites for hydroxylation is 1. The molecule has 2 aromatic heterocycles. The normalized spacial score (nSPS) is 11.1. The number of halogens is 1. The molecule has 19 heavy (non-hydrogen) atoms. The first kappa shape index (κ1) is 11.9. The fourth-order valence-electron chi connectivity index (χ4n) is 1.87. The number of nitrogens with one attached hydrogen (secondary N) is 1. The number of aromatic amines is 1. The minimum absolute atomic E-state index is 0.143. The fourth-order valence-corrected chi connectivity index (χ4v) is 2.41. The summed E-state index contributed by atoms with van der Waals surface area (Å²) >= 11 is 3.19. The molecular formula is C12H8BrN3O3. The average Bonchev–Trinajstić information content (AvgIpc) is 2.89. The van der Waals surface area contributed by atoms with E-state index in [1.807, 2.05) is 19.1 Å². The molecule has 0 saturated carbocycles. The van der Waals surface area contributed by atoms with E-state index in [2.05, 4.69) is 31.1 Å². The van der Waals surface area contributed by atoms with Crippen LogP contribution in [0.15, 0.2) is 27.2 Å². The molecule has 0 amide bonds. The number of fused-ring (bicyclic) bond motifs is 1. The van der Waals surface area contributed by atoms with E-state index in [0.29, 0.717) is 10.2 Å². The molecule has 6 nitrogen and oxygen atoms in total. The van der Waals surface area contributed by atoms with Crippen LogP contribution in [0, 0.1) is 6.92 Å². The molecule has 2 heterocycles. The summed E-state index contributed by atoms with van der Waals surface area (Å²) in [7, 11) is 0. The van der Waals surface area contributed by atoms with Gasteiger partial charge in [0.2, 0.25) is 5.69 Å². The van der Waals surface area contributed by atoms with Gasteiger partial charge >= 0.3 is 5.97 Å². The molecular weight excluding hydrogens is 314 g/mol. The topological polar surface area (TPSA) is 92.0 Å². The van der Waals surface area contributed by atoms with Gasteiger partial charge in [0.1, 0.15) is 10.3 Å². The predicted octanol–water partition coefficient (Wildman–Crippen LogP) is 2.99. The molecule has 0 saturated heterocycles. The SMILES string of the molecule is Cc1nc2ccc(-c3onc(C(=O)O)c3Br)cc2[nH]1. The molecule has 2 N–H and O–H groups in total. The third-order valence-electron chi connectivity index (χ3n) is 2.70. The number of carboxylic acids is 1. The van der Waals surface area contributed by atoms with Gasteiger partial charge in [-0.3, -0.25) is 0 Å². The smallest absolute Gasteiger partial charge is 0.359 e. The molecule has 0 atom stereocenters. The van der Waals surface area contributed by atoms with Crippen molar-refractivity contribution in [2.45, 2.75) is 6.92 Å². The highest BCUT2D eigenvalue weighted by molar-refractivity contribution is 9.10. The quantitative estimate of drug-likeness (QED) is 0.757. The summed E-state index contributed by atoms with van der Waals surface area (Å²) in [4.78, 5) is 18.3. The third kappa shape index (κ3) is 1.91. The van der Waals surface area contributed by atoms with Crippen molar-refractivity contribution in [3.05, 3.63) is 34.2 Å². The Hall–Kier alpha value is -2.15. The Morgan fingerprint density at radius 1 is 1.47 bits per heavy atom. The average molecular weight is 322 g/mol. The number of imidazole rings is 1. The number of H-pyrrole nitrogens is 1. The van der Waals surface area contributed by atoms with Crippen molar-refractivity contribution >= 4 is 32.9 Å². The maximum absolute atomic E-state index is 10.9. The maximum atomic E-state index is 10.9. The van der Waals surface area contributed by atoms with Crippen LogP contribution < -0.4 is 0 Å². The summed E-state index contributed by atoms with van der Waals surface area (Å²) in [6, 6.07) is 5.48. The highest BCUT2D eigenvalue weighted by Crippen LogP contribution is 2.32. The van der Waals surface area contributed by atoms with E-state index < -0.39 is 5.97 Å². The number of aromatic carboxylic acids is 1. The molecule has 0 aliphatic rings. The molecule has 0 bridgehead atoms. The zero-order chi connectivity index (χ0) is 13.6. The zero-order valence-corrected chi connectivity index (χ0v) is 11.4. The van der Waals surface area contributed by atoms with Crippen LogP contribution in [0.5, 0.6) is 0 Å². The van der Waals surface area contributed by atoms with Gasteiger partial charge in [0.05, 0.1) is 11.0 Å². The van der Waals surface area contributed by atoms with Crippen LogP contribution in [-0.2, 0) is 0 Å². The van der Waals surface area contributed by atoms with E-state index in [-0.39, 0.29) is 5.69 Å². The number of hydrogen-bond donors (Lipinski definition) is 2. The highest BCUT2D eigenvalue weighted by atomic mass is 79.9. The lowest BCUT2D eigenvalue weighted by Gasteiger charge is -1.96. The molecule has 0 fully saturated rings. The van der Waals surface area contributed by atoms with E-state index in [0.717, 1.165) is 22.4 Å². The van der Waals surface area contributed by atoms with Crippen LogP contribution >= 0.6 is 15.9 Å². The summed E-state index contributed by atoms with van der Waals surface area (Å²) in [5.41, 5.74) is 2.28. The van der Waals surface area contributed by atoms with Crippen molar-refractivity contribution in [1.82, 2.24) is 15.1 Å². The van der Waals surface area contributed by atoms with Crippen LogP contribution in [0.1, 0.15) is 16.3 Å². The van der Waals surface area contributed by atoms with Crippen molar-refractivity contribution in [3.8, 4) is 11.3 Å². The number of nitrogens with zero attached hydrogens (tertiary/aromatic N) is 2. The summed E-state index contributed by atoms with van der Waals surface area (Å²) in [5.74, 6) is 0.0573. The summed E-state index contributed by atoms with van der Waals surface area (Å²) < 4.78 is 5.42. The lowest BCUT2D eigenvalue weighted by molar-refractivity contribution is 0.0685. The van der Waals surface area contributed by atoms with Crippen molar-refractivity contribution in [2.75, 3.05) is 0 Å². The Morgan fingerprint density at radius 2 is 2.26 bits per heavy atom. The first-order valence-corrected chi connectivity index (χ1v) is 6.21. The Balaban J connectivity index is 2.16. The molecule has 0 spiro atoms. The van der Waals surface area contributed by atoms with Crippen molar-refractivity contribution in [1.29, 1.82) is 0 Å². The number of carboxylic acid groups (broad SMARTS) is 1.